The standard InChI is InChI=1S/C23H27ClN2O4/c1-23(2,3)30-22(29)26-10-8-15(9-11-26)21(28)13-18(27)6-4-16-14-25-20-7-5-17(24)12-19(16)20/h4-7,12,14-15,25H,8-11,13H2,1-3H3/b6-4+. The lowest BCUT2D eigenvalue weighted by Crippen LogP contribution is -2.43. The van der Waals surface area contributed by atoms with Gasteiger partial charge >= 0.3 is 6.09 Å². The van der Waals surface area contributed by atoms with Crippen LogP contribution in [-0.4, -0.2) is 46.2 Å². The Labute approximate surface area is 181 Å². The van der Waals surface area contributed by atoms with Crippen molar-refractivity contribution < 1.29 is 19.1 Å². The molecular weight excluding hydrogens is 404 g/mol. The van der Waals surface area contributed by atoms with Gasteiger partial charge in [0.05, 0.1) is 6.42 Å². The van der Waals surface area contributed by atoms with E-state index >= 15 is 0 Å². The summed E-state index contributed by atoms with van der Waals surface area (Å²) in [4.78, 5) is 41.7. The van der Waals surface area contributed by atoms with E-state index in [9.17, 15) is 14.4 Å². The molecule has 1 aliphatic rings. The quantitative estimate of drug-likeness (QED) is 0.534. The molecule has 1 saturated heterocycles. The fourth-order valence-electron chi connectivity index (χ4n) is 3.52. The molecule has 0 radical (unpaired) electrons. The second-order valence-corrected chi connectivity index (χ2v) is 9.05. The number of nitrogens with zero attached hydrogens (tertiary/aromatic N) is 1. The normalized spacial score (nSPS) is 15.7. The van der Waals surface area contributed by atoms with Gasteiger partial charge in [-0.05, 0) is 69.5 Å². The number of hydrogen-bond acceptors (Lipinski definition) is 4. The van der Waals surface area contributed by atoms with Crippen molar-refractivity contribution in [1.82, 2.24) is 9.88 Å². The van der Waals surface area contributed by atoms with Crippen molar-refractivity contribution in [2.24, 2.45) is 5.92 Å². The molecule has 3 rings (SSSR count). The number of nitrogens with one attached hydrogen (secondary N) is 1. The third-order valence-corrected chi connectivity index (χ3v) is 5.31. The van der Waals surface area contributed by atoms with Gasteiger partial charge < -0.3 is 14.6 Å². The second-order valence-electron chi connectivity index (χ2n) is 8.62. The first kappa shape index (κ1) is 22.1. The van der Waals surface area contributed by atoms with Gasteiger partial charge in [0.15, 0.2) is 5.78 Å². The minimum absolute atomic E-state index is 0.0736. The zero-order chi connectivity index (χ0) is 21.9. The van der Waals surface area contributed by atoms with Gasteiger partial charge in [0.1, 0.15) is 11.4 Å². The van der Waals surface area contributed by atoms with E-state index in [4.69, 9.17) is 16.3 Å². The number of ketones is 2. The number of benzene rings is 1. The highest BCUT2D eigenvalue weighted by Gasteiger charge is 2.30. The van der Waals surface area contributed by atoms with Crippen molar-refractivity contribution >= 4 is 46.2 Å². The Bertz CT molecular complexity index is 979. The van der Waals surface area contributed by atoms with Gasteiger partial charge in [-0.25, -0.2) is 4.79 Å². The number of fused-ring (bicyclic) bond motifs is 1. The number of aromatic amines is 1. The predicted octanol–water partition coefficient (Wildman–Crippen LogP) is 5.01. The van der Waals surface area contributed by atoms with E-state index in [1.54, 1.807) is 23.2 Å². The van der Waals surface area contributed by atoms with Crippen LogP contribution >= 0.6 is 11.6 Å². The number of Topliss-reactive ketones (excluding diaryl/α,β-unsaturated/α-hetero) is 1. The number of carbonyl (C=O) groups is 3. The molecule has 0 unspecified atom stereocenters. The SMILES string of the molecule is CC(C)(C)OC(=O)N1CCC(C(=O)CC(=O)/C=C/c2c[nH]c3ccc(Cl)cc23)CC1. The summed E-state index contributed by atoms with van der Waals surface area (Å²) in [6.07, 6.45) is 5.57. The Morgan fingerprint density at radius 2 is 1.93 bits per heavy atom. The number of halogens is 1. The van der Waals surface area contributed by atoms with Crippen LogP contribution < -0.4 is 0 Å². The van der Waals surface area contributed by atoms with Crippen LogP contribution in [-0.2, 0) is 14.3 Å². The van der Waals surface area contributed by atoms with Crippen molar-refractivity contribution in [3.8, 4) is 0 Å². The summed E-state index contributed by atoms with van der Waals surface area (Å²) < 4.78 is 5.37. The van der Waals surface area contributed by atoms with E-state index in [0.29, 0.717) is 31.0 Å². The zero-order valence-corrected chi connectivity index (χ0v) is 18.3. The number of hydrogen-bond donors (Lipinski definition) is 1. The van der Waals surface area contributed by atoms with Gasteiger partial charge in [0.2, 0.25) is 0 Å². The fraction of sp³-hybridized carbons (Fsp3) is 0.435. The minimum atomic E-state index is -0.543. The minimum Gasteiger partial charge on any atom is -0.444 e. The number of likely N-dealkylation sites (tertiary alicyclic amines) is 1. The highest BCUT2D eigenvalue weighted by molar-refractivity contribution is 6.31. The summed E-state index contributed by atoms with van der Waals surface area (Å²) >= 11 is 6.04. The van der Waals surface area contributed by atoms with E-state index < -0.39 is 5.60 Å². The van der Waals surface area contributed by atoms with Gasteiger partial charge in [-0.1, -0.05) is 11.6 Å². The van der Waals surface area contributed by atoms with Crippen LogP contribution in [0.15, 0.2) is 30.5 Å². The van der Waals surface area contributed by atoms with Crippen LogP contribution in [0.25, 0.3) is 17.0 Å². The molecule has 1 fully saturated rings. The highest BCUT2D eigenvalue weighted by atomic mass is 35.5. The van der Waals surface area contributed by atoms with Crippen LogP contribution in [0, 0.1) is 5.92 Å². The van der Waals surface area contributed by atoms with Gasteiger partial charge in [-0.3, -0.25) is 9.59 Å². The largest absolute Gasteiger partial charge is 0.444 e. The second kappa shape index (κ2) is 9.04. The molecule has 0 bridgehead atoms. The molecule has 1 aliphatic heterocycles. The van der Waals surface area contributed by atoms with Gasteiger partial charge in [-0.2, -0.15) is 0 Å². The number of amides is 1. The third-order valence-electron chi connectivity index (χ3n) is 5.08. The van der Waals surface area contributed by atoms with Gasteiger partial charge in [0, 0.05) is 41.1 Å². The number of ether oxygens (including phenoxy) is 1. The van der Waals surface area contributed by atoms with Crippen molar-refractivity contribution in [2.45, 2.75) is 45.6 Å². The van der Waals surface area contributed by atoms with Crippen molar-refractivity contribution in [1.29, 1.82) is 0 Å². The summed E-state index contributed by atoms with van der Waals surface area (Å²) in [7, 11) is 0. The monoisotopic (exact) mass is 430 g/mol. The molecule has 2 heterocycles. The fourth-order valence-corrected chi connectivity index (χ4v) is 3.69. The molecule has 6 nitrogen and oxygen atoms in total. The van der Waals surface area contributed by atoms with Crippen LogP contribution in [0.1, 0.15) is 45.6 Å². The molecular formula is C23H27ClN2O4. The molecule has 1 N–H and O–H groups in total. The Kier molecular flexibility index (Phi) is 6.66. The lowest BCUT2D eigenvalue weighted by atomic mass is 9.90. The van der Waals surface area contributed by atoms with E-state index in [-0.39, 0.29) is 30.0 Å². The number of H-pyrrole nitrogens is 1. The average Bonchev–Trinajstić information content (AvgIpc) is 3.07. The predicted molar refractivity (Wildman–Crippen MR) is 118 cm³/mol. The van der Waals surface area contributed by atoms with Crippen molar-refractivity contribution in [2.75, 3.05) is 13.1 Å². The number of carbonyl (C=O) groups excluding carboxylic acids is 3. The van der Waals surface area contributed by atoms with E-state index in [0.717, 1.165) is 16.5 Å². The Morgan fingerprint density at radius 1 is 1.23 bits per heavy atom. The molecule has 30 heavy (non-hydrogen) atoms. The first-order chi connectivity index (χ1) is 14.1. The maximum atomic E-state index is 12.5. The average molecular weight is 431 g/mol. The summed E-state index contributed by atoms with van der Waals surface area (Å²) in [6.45, 7) is 6.40. The summed E-state index contributed by atoms with van der Waals surface area (Å²) in [5, 5.41) is 1.54. The van der Waals surface area contributed by atoms with Crippen LogP contribution in [0.3, 0.4) is 0 Å². The molecule has 1 aromatic carbocycles. The molecule has 2 aromatic rings. The molecule has 1 aromatic heterocycles. The maximum Gasteiger partial charge on any atom is 0.410 e. The zero-order valence-electron chi connectivity index (χ0n) is 17.5. The highest BCUT2D eigenvalue weighted by Crippen LogP contribution is 2.24. The van der Waals surface area contributed by atoms with Gasteiger partial charge in [0.25, 0.3) is 0 Å². The smallest absolute Gasteiger partial charge is 0.410 e. The lowest BCUT2D eigenvalue weighted by molar-refractivity contribution is -0.128. The molecule has 1 amide bonds. The molecule has 7 heteroatoms. The molecule has 0 atom stereocenters. The number of allylic oxidation sites excluding steroid dienone is 1. The number of piperidine rings is 1. The molecule has 0 aliphatic carbocycles. The number of rotatable bonds is 5. The maximum absolute atomic E-state index is 12.5. The Hall–Kier alpha value is -2.60. The summed E-state index contributed by atoms with van der Waals surface area (Å²) in [5.74, 6) is -0.505. The molecule has 0 spiro atoms. The Balaban J connectivity index is 1.51. The summed E-state index contributed by atoms with van der Waals surface area (Å²) in [5.41, 5.74) is 1.23. The van der Waals surface area contributed by atoms with E-state index in [1.165, 1.54) is 6.08 Å². The Morgan fingerprint density at radius 3 is 2.60 bits per heavy atom. The van der Waals surface area contributed by atoms with Crippen LogP contribution in [0.2, 0.25) is 5.02 Å². The number of aromatic nitrogens is 1. The first-order valence-corrected chi connectivity index (χ1v) is 10.5. The molecule has 0 saturated carbocycles. The molecule has 160 valence electrons. The lowest BCUT2D eigenvalue weighted by Gasteiger charge is -2.32. The topological polar surface area (TPSA) is 79.5 Å². The van der Waals surface area contributed by atoms with Crippen LogP contribution in [0.5, 0.6) is 0 Å². The summed E-state index contributed by atoms with van der Waals surface area (Å²) in [6, 6.07) is 5.51. The van der Waals surface area contributed by atoms with E-state index in [1.807, 2.05) is 32.9 Å². The van der Waals surface area contributed by atoms with Crippen molar-refractivity contribution in [3.63, 3.8) is 0 Å². The van der Waals surface area contributed by atoms with Crippen LogP contribution in [0.4, 0.5) is 4.79 Å². The first-order valence-electron chi connectivity index (χ1n) is 10.1. The van der Waals surface area contributed by atoms with Crippen molar-refractivity contribution in [3.05, 3.63) is 41.1 Å². The third kappa shape index (κ3) is 5.72. The van der Waals surface area contributed by atoms with E-state index in [2.05, 4.69) is 4.98 Å². The van der Waals surface area contributed by atoms with Gasteiger partial charge in [-0.15, -0.1) is 0 Å².